The Morgan fingerprint density at radius 3 is 3.00 bits per heavy atom. The molecule has 0 radical (unpaired) electrons. The van der Waals surface area contributed by atoms with E-state index in [-0.39, 0.29) is 30.7 Å². The zero-order valence-electron chi connectivity index (χ0n) is 10.7. The van der Waals surface area contributed by atoms with E-state index in [2.05, 4.69) is 15.6 Å². The van der Waals surface area contributed by atoms with Gasteiger partial charge in [-0.05, 0) is 18.6 Å². The highest BCUT2D eigenvalue weighted by Gasteiger charge is 2.16. The quantitative estimate of drug-likeness (QED) is 0.896. The lowest BCUT2D eigenvalue weighted by Crippen LogP contribution is -2.39. The number of thioether (sulfide) groups is 1. The van der Waals surface area contributed by atoms with Gasteiger partial charge in [0.1, 0.15) is 0 Å². The summed E-state index contributed by atoms with van der Waals surface area (Å²) in [5, 5.41) is 6.29. The zero-order chi connectivity index (χ0) is 12.1. The highest BCUT2D eigenvalue weighted by molar-refractivity contribution is 7.99. The van der Waals surface area contributed by atoms with Crippen molar-refractivity contribution in [2.24, 2.45) is 0 Å². The van der Waals surface area contributed by atoms with Crippen LogP contribution in [0, 0.1) is 6.92 Å². The minimum absolute atomic E-state index is 0. The van der Waals surface area contributed by atoms with E-state index in [0.717, 1.165) is 29.3 Å². The largest absolute Gasteiger partial charge is 0.326 e. The van der Waals surface area contributed by atoms with Crippen LogP contribution in [0.25, 0.3) is 0 Å². The molecule has 0 saturated carbocycles. The number of carbonyl (C=O) groups is 1. The Morgan fingerprint density at radius 2 is 2.37 bits per heavy atom. The Morgan fingerprint density at radius 1 is 1.58 bits per heavy atom. The topological polar surface area (TPSA) is 54.0 Å². The molecule has 19 heavy (non-hydrogen) atoms. The minimum Gasteiger partial charge on any atom is -0.326 e. The number of carbonyl (C=O) groups excluding carboxylic acids is 1. The maximum absolute atomic E-state index is 11.9. The Bertz CT molecular complexity index is 400. The first-order valence-corrected chi connectivity index (χ1v) is 6.93. The first-order chi connectivity index (χ1) is 8.25. The second kappa shape index (κ2) is 9.42. The van der Waals surface area contributed by atoms with E-state index in [1.807, 2.05) is 24.8 Å². The molecule has 0 spiro atoms. The molecule has 0 aliphatic carbocycles. The maximum atomic E-state index is 11.9. The number of aromatic nitrogens is 1. The Balaban J connectivity index is 0.00000162. The Kier molecular flexibility index (Phi) is 9.18. The fraction of sp³-hybridized carbons (Fsp3) is 0.500. The monoisotopic (exact) mass is 323 g/mol. The molecular formula is C12H19Cl2N3OS. The smallest absolute Gasteiger partial charge is 0.225 e. The average molecular weight is 324 g/mol. The second-order valence-corrected chi connectivity index (χ2v) is 5.32. The van der Waals surface area contributed by atoms with Crippen molar-refractivity contribution in [2.45, 2.75) is 19.4 Å². The predicted molar refractivity (Wildman–Crippen MR) is 85.8 cm³/mol. The van der Waals surface area contributed by atoms with Crippen LogP contribution in [0.2, 0.25) is 0 Å². The molecule has 108 valence electrons. The first-order valence-electron chi connectivity index (χ1n) is 5.77. The van der Waals surface area contributed by atoms with Gasteiger partial charge in [0.15, 0.2) is 0 Å². The molecule has 1 aliphatic rings. The van der Waals surface area contributed by atoms with Crippen LogP contribution in [0.3, 0.4) is 0 Å². The normalized spacial score (nSPS) is 17.8. The van der Waals surface area contributed by atoms with Crippen molar-refractivity contribution in [3.05, 3.63) is 24.0 Å². The van der Waals surface area contributed by atoms with Crippen LogP contribution in [0.1, 0.15) is 12.0 Å². The molecule has 1 aromatic rings. The summed E-state index contributed by atoms with van der Waals surface area (Å²) in [5.74, 6) is 2.23. The minimum atomic E-state index is 0. The van der Waals surface area contributed by atoms with Crippen LogP contribution in [0.5, 0.6) is 0 Å². The van der Waals surface area contributed by atoms with E-state index >= 15 is 0 Å². The summed E-state index contributed by atoms with van der Waals surface area (Å²) in [4.78, 5) is 15.9. The van der Waals surface area contributed by atoms with E-state index in [0.29, 0.717) is 12.5 Å². The Hall–Kier alpha value is -0.490. The van der Waals surface area contributed by atoms with E-state index in [4.69, 9.17) is 0 Å². The molecular weight excluding hydrogens is 305 g/mol. The summed E-state index contributed by atoms with van der Waals surface area (Å²) in [6.45, 7) is 2.94. The number of nitrogens with zero attached hydrogens (tertiary/aromatic N) is 1. The molecule has 2 N–H and O–H groups in total. The maximum Gasteiger partial charge on any atom is 0.225 e. The number of halogens is 2. The van der Waals surface area contributed by atoms with Crippen molar-refractivity contribution >= 4 is 48.2 Å². The molecule has 0 bridgehead atoms. The van der Waals surface area contributed by atoms with E-state index in [9.17, 15) is 4.79 Å². The van der Waals surface area contributed by atoms with E-state index < -0.39 is 0 Å². The summed E-state index contributed by atoms with van der Waals surface area (Å²) >= 11 is 1.90. The van der Waals surface area contributed by atoms with Gasteiger partial charge >= 0.3 is 0 Å². The third-order valence-corrected chi connectivity index (χ3v) is 3.86. The average Bonchev–Trinajstić information content (AvgIpc) is 2.33. The van der Waals surface area contributed by atoms with Crippen molar-refractivity contribution < 1.29 is 4.79 Å². The molecule has 0 aromatic carbocycles. The van der Waals surface area contributed by atoms with Crippen LogP contribution in [0.4, 0.5) is 5.69 Å². The third kappa shape index (κ3) is 5.99. The van der Waals surface area contributed by atoms with Crippen molar-refractivity contribution in [1.82, 2.24) is 10.3 Å². The molecule has 1 amide bonds. The van der Waals surface area contributed by atoms with Gasteiger partial charge in [-0.25, -0.2) is 0 Å². The van der Waals surface area contributed by atoms with Gasteiger partial charge in [-0.1, -0.05) is 0 Å². The van der Waals surface area contributed by atoms with E-state index in [1.54, 1.807) is 12.4 Å². The Labute approximate surface area is 130 Å². The van der Waals surface area contributed by atoms with Gasteiger partial charge in [-0.2, -0.15) is 11.8 Å². The van der Waals surface area contributed by atoms with Crippen LogP contribution < -0.4 is 10.6 Å². The molecule has 1 atom stereocenters. The number of hydrogen-bond acceptors (Lipinski definition) is 4. The number of amides is 1. The standard InChI is InChI=1S/C12H17N3OS.2ClH/c1-9-7-13-3-2-11(9)15-12(16)6-10-8-17-5-4-14-10;;/h2-3,7,10,14H,4-6,8H2,1H3,(H,13,15,16);2*1H. The van der Waals surface area contributed by atoms with E-state index in [1.165, 1.54) is 0 Å². The van der Waals surface area contributed by atoms with Crippen LogP contribution in [-0.2, 0) is 4.79 Å². The number of rotatable bonds is 3. The number of nitrogens with one attached hydrogen (secondary N) is 2. The molecule has 1 fully saturated rings. The summed E-state index contributed by atoms with van der Waals surface area (Å²) < 4.78 is 0. The summed E-state index contributed by atoms with van der Waals surface area (Å²) in [7, 11) is 0. The lowest BCUT2D eigenvalue weighted by molar-refractivity contribution is -0.116. The predicted octanol–water partition coefficient (Wildman–Crippen LogP) is 2.27. The van der Waals surface area contributed by atoms with Crippen molar-refractivity contribution in [2.75, 3.05) is 23.4 Å². The fourth-order valence-electron chi connectivity index (χ4n) is 1.79. The molecule has 2 heterocycles. The van der Waals surface area contributed by atoms with Gasteiger partial charge < -0.3 is 10.6 Å². The lowest BCUT2D eigenvalue weighted by Gasteiger charge is -2.22. The summed E-state index contributed by atoms with van der Waals surface area (Å²) in [6, 6.07) is 2.13. The first kappa shape index (κ1) is 18.5. The highest BCUT2D eigenvalue weighted by Crippen LogP contribution is 2.14. The van der Waals surface area contributed by atoms with Gasteiger partial charge in [0.25, 0.3) is 0 Å². The van der Waals surface area contributed by atoms with Gasteiger partial charge in [0.05, 0.1) is 0 Å². The van der Waals surface area contributed by atoms with Crippen molar-refractivity contribution in [1.29, 1.82) is 0 Å². The second-order valence-electron chi connectivity index (χ2n) is 4.17. The van der Waals surface area contributed by atoms with Gasteiger partial charge in [-0.3, -0.25) is 9.78 Å². The van der Waals surface area contributed by atoms with Crippen molar-refractivity contribution in [3.8, 4) is 0 Å². The fourth-order valence-corrected chi connectivity index (χ4v) is 2.74. The van der Waals surface area contributed by atoms with Crippen LogP contribution in [0.15, 0.2) is 18.5 Å². The van der Waals surface area contributed by atoms with Crippen LogP contribution >= 0.6 is 36.6 Å². The number of anilines is 1. The molecule has 2 rings (SSSR count). The summed E-state index contributed by atoms with van der Waals surface area (Å²) in [5.41, 5.74) is 1.85. The van der Waals surface area contributed by atoms with Gasteiger partial charge in [0, 0.05) is 48.6 Å². The molecule has 1 saturated heterocycles. The molecule has 1 unspecified atom stereocenters. The third-order valence-electron chi connectivity index (χ3n) is 2.72. The summed E-state index contributed by atoms with van der Waals surface area (Å²) in [6.07, 6.45) is 3.98. The molecule has 7 heteroatoms. The molecule has 1 aromatic heterocycles. The highest BCUT2D eigenvalue weighted by atomic mass is 35.5. The number of aryl methyl sites for hydroxylation is 1. The van der Waals surface area contributed by atoms with Gasteiger partial charge in [-0.15, -0.1) is 24.8 Å². The number of pyridine rings is 1. The van der Waals surface area contributed by atoms with Crippen LogP contribution in [-0.4, -0.2) is 35.0 Å². The molecule has 4 nitrogen and oxygen atoms in total. The number of hydrogen-bond donors (Lipinski definition) is 2. The molecule has 1 aliphatic heterocycles. The SMILES string of the molecule is Cc1cnccc1NC(=O)CC1CSCCN1.Cl.Cl. The van der Waals surface area contributed by atoms with Gasteiger partial charge in [0.2, 0.25) is 5.91 Å². The van der Waals surface area contributed by atoms with Crippen molar-refractivity contribution in [3.63, 3.8) is 0 Å². The zero-order valence-corrected chi connectivity index (χ0v) is 13.2. The lowest BCUT2D eigenvalue weighted by atomic mass is 10.2.